The Balaban J connectivity index is 2.06. The molecule has 5 nitrogen and oxygen atoms in total. The summed E-state index contributed by atoms with van der Waals surface area (Å²) in [6.07, 6.45) is 3.62. The number of aromatic nitrogens is 3. The normalized spacial score (nSPS) is 20.6. The minimum absolute atomic E-state index is 0.360. The first kappa shape index (κ1) is 14.5. The first-order valence-corrected chi connectivity index (χ1v) is 7.41. The molecule has 0 saturated carbocycles. The van der Waals surface area contributed by atoms with E-state index in [4.69, 9.17) is 9.31 Å². The highest BCUT2D eigenvalue weighted by atomic mass is 16.7. The van der Waals surface area contributed by atoms with Gasteiger partial charge in [0.2, 0.25) is 0 Å². The first-order chi connectivity index (χ1) is 9.71. The third-order valence-electron chi connectivity index (χ3n) is 4.52. The Morgan fingerprint density at radius 3 is 2.33 bits per heavy atom. The molecule has 0 atom stereocenters. The number of hydrogen-bond donors (Lipinski definition) is 0. The zero-order chi connectivity index (χ0) is 15.4. The van der Waals surface area contributed by atoms with Crippen molar-refractivity contribution in [1.29, 1.82) is 0 Å². The highest BCUT2D eigenvalue weighted by Gasteiger charge is 2.52. The Morgan fingerprint density at radius 2 is 1.76 bits per heavy atom. The van der Waals surface area contributed by atoms with Gasteiger partial charge in [-0.15, -0.1) is 0 Å². The molecule has 112 valence electrons. The minimum Gasteiger partial charge on any atom is -0.398 e. The fourth-order valence-corrected chi connectivity index (χ4v) is 2.47. The molecule has 2 aromatic heterocycles. The van der Waals surface area contributed by atoms with Crippen LogP contribution in [0.3, 0.4) is 0 Å². The number of hydrogen-bond acceptors (Lipinski definition) is 4. The van der Waals surface area contributed by atoms with Crippen molar-refractivity contribution >= 4 is 18.4 Å². The zero-order valence-electron chi connectivity index (χ0n) is 13.5. The Labute approximate surface area is 125 Å². The van der Waals surface area contributed by atoms with E-state index in [-0.39, 0.29) is 11.2 Å². The quantitative estimate of drug-likeness (QED) is 0.794. The van der Waals surface area contributed by atoms with Gasteiger partial charge in [-0.2, -0.15) is 5.10 Å². The average Bonchev–Trinajstić information content (AvgIpc) is 2.90. The summed E-state index contributed by atoms with van der Waals surface area (Å²) in [5, 5.41) is 4.60. The average molecular weight is 287 g/mol. The molecule has 0 spiro atoms. The van der Waals surface area contributed by atoms with Crippen LogP contribution in [-0.4, -0.2) is 32.9 Å². The lowest BCUT2D eigenvalue weighted by Crippen LogP contribution is -2.41. The van der Waals surface area contributed by atoms with Crippen LogP contribution in [0.4, 0.5) is 0 Å². The van der Waals surface area contributed by atoms with E-state index in [1.165, 1.54) is 0 Å². The van der Waals surface area contributed by atoms with Crippen LogP contribution in [0.1, 0.15) is 53.0 Å². The van der Waals surface area contributed by atoms with Crippen molar-refractivity contribution in [2.24, 2.45) is 0 Å². The maximum absolute atomic E-state index is 6.09. The summed E-state index contributed by atoms with van der Waals surface area (Å²) < 4.78 is 14.0. The maximum atomic E-state index is 6.09. The molecule has 0 aromatic carbocycles. The van der Waals surface area contributed by atoms with Gasteiger partial charge in [0.25, 0.3) is 0 Å². The largest absolute Gasteiger partial charge is 0.516 e. The molecule has 1 aliphatic rings. The number of imidazole rings is 1. The highest BCUT2D eigenvalue weighted by Crippen LogP contribution is 2.36. The standard InChI is InChI=1S/C15H22BN3O2/c1-10(2)11-9-12(18-19-8-7-17-13(11)19)16-20-14(3,4)15(5,6)21-16/h7-10H,1-6H3. The summed E-state index contributed by atoms with van der Waals surface area (Å²) in [5.74, 6) is 0.360. The summed E-state index contributed by atoms with van der Waals surface area (Å²) in [6, 6.07) is 2.05. The molecule has 0 bridgehead atoms. The number of rotatable bonds is 2. The first-order valence-electron chi connectivity index (χ1n) is 7.41. The second kappa shape index (κ2) is 4.55. The number of nitrogens with zero attached hydrogens (tertiary/aromatic N) is 3. The molecule has 1 saturated heterocycles. The summed E-state index contributed by atoms with van der Waals surface area (Å²) in [7, 11) is -0.445. The van der Waals surface area contributed by atoms with E-state index in [1.54, 1.807) is 10.7 Å². The SMILES string of the molecule is CC(C)c1cc(B2OC(C)(C)C(C)(C)O2)nn2ccnc12. The van der Waals surface area contributed by atoms with Crippen LogP contribution in [0, 0.1) is 0 Å². The van der Waals surface area contributed by atoms with Gasteiger partial charge in [-0.05, 0) is 39.7 Å². The topological polar surface area (TPSA) is 48.7 Å². The van der Waals surface area contributed by atoms with Crippen LogP contribution in [-0.2, 0) is 9.31 Å². The molecule has 1 fully saturated rings. The predicted octanol–water partition coefficient (Wildman–Crippen LogP) is 2.15. The summed E-state index contributed by atoms with van der Waals surface area (Å²) in [4.78, 5) is 4.38. The van der Waals surface area contributed by atoms with Gasteiger partial charge in [0.1, 0.15) is 0 Å². The van der Waals surface area contributed by atoms with Gasteiger partial charge in [-0.1, -0.05) is 13.8 Å². The van der Waals surface area contributed by atoms with Crippen molar-refractivity contribution in [3.05, 3.63) is 24.0 Å². The van der Waals surface area contributed by atoms with Crippen LogP contribution < -0.4 is 5.59 Å². The second-order valence-electron chi connectivity index (χ2n) is 6.96. The molecule has 0 unspecified atom stereocenters. The molecule has 0 radical (unpaired) electrons. The smallest absolute Gasteiger partial charge is 0.398 e. The van der Waals surface area contributed by atoms with E-state index in [0.717, 1.165) is 16.8 Å². The van der Waals surface area contributed by atoms with Crippen molar-refractivity contribution in [2.75, 3.05) is 0 Å². The van der Waals surface area contributed by atoms with Gasteiger partial charge in [0, 0.05) is 18.0 Å². The van der Waals surface area contributed by atoms with E-state index in [0.29, 0.717) is 5.92 Å². The molecule has 21 heavy (non-hydrogen) atoms. The Bertz CT molecular complexity index is 663. The molecule has 0 amide bonds. The van der Waals surface area contributed by atoms with Crippen LogP contribution in [0.15, 0.2) is 18.5 Å². The molecule has 2 aromatic rings. The fourth-order valence-electron chi connectivity index (χ4n) is 2.47. The monoisotopic (exact) mass is 287 g/mol. The number of fused-ring (bicyclic) bond motifs is 1. The molecule has 6 heteroatoms. The van der Waals surface area contributed by atoms with Crippen molar-refractivity contribution in [1.82, 2.24) is 14.6 Å². The van der Waals surface area contributed by atoms with E-state index in [1.807, 2.05) is 33.9 Å². The molecular weight excluding hydrogens is 265 g/mol. The molecule has 3 rings (SSSR count). The van der Waals surface area contributed by atoms with Gasteiger partial charge < -0.3 is 9.31 Å². The highest BCUT2D eigenvalue weighted by molar-refractivity contribution is 6.61. The minimum atomic E-state index is -0.445. The molecule has 3 heterocycles. The van der Waals surface area contributed by atoms with E-state index in [2.05, 4.69) is 30.0 Å². The van der Waals surface area contributed by atoms with Gasteiger partial charge in [-0.25, -0.2) is 9.50 Å². The van der Waals surface area contributed by atoms with E-state index < -0.39 is 7.12 Å². The van der Waals surface area contributed by atoms with Crippen molar-refractivity contribution in [2.45, 2.75) is 58.7 Å². The van der Waals surface area contributed by atoms with Gasteiger partial charge in [0.05, 0.1) is 16.8 Å². The maximum Gasteiger partial charge on any atom is 0.516 e. The predicted molar refractivity (Wildman–Crippen MR) is 82.8 cm³/mol. The van der Waals surface area contributed by atoms with Crippen LogP contribution in [0.25, 0.3) is 5.65 Å². The fraction of sp³-hybridized carbons (Fsp3) is 0.600. The Hall–Kier alpha value is -1.40. The van der Waals surface area contributed by atoms with Gasteiger partial charge in [-0.3, -0.25) is 0 Å². The third-order valence-corrected chi connectivity index (χ3v) is 4.52. The summed E-state index contributed by atoms with van der Waals surface area (Å²) in [5.41, 5.74) is 2.12. The third kappa shape index (κ3) is 2.26. The summed E-state index contributed by atoms with van der Waals surface area (Å²) >= 11 is 0. The van der Waals surface area contributed by atoms with Crippen molar-refractivity contribution in [3.8, 4) is 0 Å². The molecular formula is C15H22BN3O2. The van der Waals surface area contributed by atoms with Crippen LogP contribution in [0.2, 0.25) is 0 Å². The second-order valence-corrected chi connectivity index (χ2v) is 6.96. The molecule has 0 aliphatic carbocycles. The lowest BCUT2D eigenvalue weighted by Gasteiger charge is -2.32. The van der Waals surface area contributed by atoms with Gasteiger partial charge >= 0.3 is 7.12 Å². The summed E-state index contributed by atoms with van der Waals surface area (Å²) in [6.45, 7) is 12.5. The molecule has 0 N–H and O–H groups in total. The van der Waals surface area contributed by atoms with Gasteiger partial charge in [0.15, 0.2) is 5.65 Å². The van der Waals surface area contributed by atoms with E-state index >= 15 is 0 Å². The Kier molecular flexibility index (Phi) is 3.15. The van der Waals surface area contributed by atoms with Crippen molar-refractivity contribution in [3.63, 3.8) is 0 Å². The van der Waals surface area contributed by atoms with Crippen molar-refractivity contribution < 1.29 is 9.31 Å². The zero-order valence-corrected chi connectivity index (χ0v) is 13.5. The lowest BCUT2D eigenvalue weighted by molar-refractivity contribution is 0.00578. The lowest BCUT2D eigenvalue weighted by atomic mass is 9.83. The van der Waals surface area contributed by atoms with Crippen LogP contribution >= 0.6 is 0 Å². The van der Waals surface area contributed by atoms with Crippen LogP contribution in [0.5, 0.6) is 0 Å². The van der Waals surface area contributed by atoms with E-state index in [9.17, 15) is 0 Å². The Morgan fingerprint density at radius 1 is 1.14 bits per heavy atom. The molecule has 1 aliphatic heterocycles.